The zero-order valence-corrected chi connectivity index (χ0v) is 12.5. The number of fused-ring (bicyclic) bond motifs is 1. The van der Waals surface area contributed by atoms with Crippen LogP contribution >= 0.6 is 0 Å². The van der Waals surface area contributed by atoms with Crippen molar-refractivity contribution in [1.29, 1.82) is 0 Å². The van der Waals surface area contributed by atoms with Gasteiger partial charge in [0.2, 0.25) is 0 Å². The van der Waals surface area contributed by atoms with Crippen molar-refractivity contribution in [2.45, 2.75) is 45.7 Å². The summed E-state index contributed by atoms with van der Waals surface area (Å²) >= 11 is 0. The number of aryl methyl sites for hydroxylation is 1. The van der Waals surface area contributed by atoms with E-state index in [0.29, 0.717) is 6.04 Å². The highest BCUT2D eigenvalue weighted by Crippen LogP contribution is 2.44. The predicted molar refractivity (Wildman–Crippen MR) is 81.5 cm³/mol. The summed E-state index contributed by atoms with van der Waals surface area (Å²) in [4.78, 5) is 0. The molecule has 1 heterocycles. The predicted octanol–water partition coefficient (Wildman–Crippen LogP) is 4.64. The number of furan rings is 1. The SMILES string of the molecule is C[C@H](NC1c2ccccc2CCC1(C)C)c1ccco1. The number of rotatable bonds is 3. The van der Waals surface area contributed by atoms with Crippen molar-refractivity contribution in [3.63, 3.8) is 0 Å². The molecule has 0 saturated carbocycles. The van der Waals surface area contributed by atoms with E-state index in [1.54, 1.807) is 6.26 Å². The first-order valence-corrected chi connectivity index (χ1v) is 7.45. The van der Waals surface area contributed by atoms with Crippen molar-refractivity contribution in [2.75, 3.05) is 0 Å². The second-order valence-corrected chi connectivity index (χ2v) is 6.52. The van der Waals surface area contributed by atoms with Crippen LogP contribution in [-0.4, -0.2) is 0 Å². The van der Waals surface area contributed by atoms with Gasteiger partial charge in [0, 0.05) is 6.04 Å². The third-order valence-electron chi connectivity index (χ3n) is 4.57. The molecule has 0 radical (unpaired) electrons. The fraction of sp³-hybridized carbons (Fsp3) is 0.444. The van der Waals surface area contributed by atoms with Gasteiger partial charge in [-0.05, 0) is 48.4 Å². The molecule has 1 aromatic heterocycles. The molecule has 1 aromatic carbocycles. The first kappa shape index (κ1) is 13.4. The molecule has 0 spiro atoms. The van der Waals surface area contributed by atoms with Gasteiger partial charge in [-0.2, -0.15) is 0 Å². The summed E-state index contributed by atoms with van der Waals surface area (Å²) in [5, 5.41) is 3.77. The molecular formula is C18H23NO. The van der Waals surface area contributed by atoms with Crippen LogP contribution in [0, 0.1) is 5.41 Å². The first-order chi connectivity index (χ1) is 9.58. The molecule has 1 aliphatic carbocycles. The molecule has 20 heavy (non-hydrogen) atoms. The van der Waals surface area contributed by atoms with Crippen molar-refractivity contribution in [3.05, 3.63) is 59.5 Å². The van der Waals surface area contributed by atoms with Gasteiger partial charge in [-0.3, -0.25) is 0 Å². The lowest BCUT2D eigenvalue weighted by Crippen LogP contribution is -2.39. The average Bonchev–Trinajstić information content (AvgIpc) is 2.96. The van der Waals surface area contributed by atoms with E-state index in [1.165, 1.54) is 24.0 Å². The quantitative estimate of drug-likeness (QED) is 0.877. The summed E-state index contributed by atoms with van der Waals surface area (Å²) in [7, 11) is 0. The van der Waals surface area contributed by atoms with E-state index in [0.717, 1.165) is 5.76 Å². The van der Waals surface area contributed by atoms with Gasteiger partial charge in [0.05, 0.1) is 12.3 Å². The maximum absolute atomic E-state index is 5.53. The Labute approximate surface area is 121 Å². The zero-order valence-electron chi connectivity index (χ0n) is 12.5. The molecule has 2 aromatic rings. The Morgan fingerprint density at radius 3 is 2.75 bits per heavy atom. The smallest absolute Gasteiger partial charge is 0.120 e. The van der Waals surface area contributed by atoms with E-state index in [9.17, 15) is 0 Å². The van der Waals surface area contributed by atoms with Crippen molar-refractivity contribution in [2.24, 2.45) is 5.41 Å². The highest BCUT2D eigenvalue weighted by atomic mass is 16.3. The summed E-state index contributed by atoms with van der Waals surface area (Å²) in [6.45, 7) is 6.89. The van der Waals surface area contributed by atoms with E-state index in [-0.39, 0.29) is 11.5 Å². The highest BCUT2D eigenvalue weighted by Gasteiger charge is 2.36. The van der Waals surface area contributed by atoms with Crippen LogP contribution in [0.3, 0.4) is 0 Å². The summed E-state index contributed by atoms with van der Waals surface area (Å²) in [5.41, 5.74) is 3.19. The number of hydrogen-bond acceptors (Lipinski definition) is 2. The normalized spacial score (nSPS) is 22.2. The molecule has 0 fully saturated rings. The minimum atomic E-state index is 0.223. The maximum Gasteiger partial charge on any atom is 0.120 e. The lowest BCUT2D eigenvalue weighted by molar-refractivity contribution is 0.191. The molecule has 0 amide bonds. The van der Waals surface area contributed by atoms with E-state index in [2.05, 4.69) is 50.4 Å². The third kappa shape index (κ3) is 2.40. The molecule has 0 bridgehead atoms. The summed E-state index contributed by atoms with van der Waals surface area (Å²) in [6.07, 6.45) is 4.14. The Bertz CT molecular complexity index is 571. The first-order valence-electron chi connectivity index (χ1n) is 7.45. The minimum Gasteiger partial charge on any atom is -0.468 e. The highest BCUT2D eigenvalue weighted by molar-refractivity contribution is 5.34. The molecule has 1 aliphatic rings. The van der Waals surface area contributed by atoms with Gasteiger partial charge in [0.25, 0.3) is 0 Å². The number of benzene rings is 1. The van der Waals surface area contributed by atoms with Crippen molar-refractivity contribution >= 4 is 0 Å². The summed E-state index contributed by atoms with van der Waals surface area (Å²) in [5.74, 6) is 1.00. The lowest BCUT2D eigenvalue weighted by Gasteiger charge is -2.41. The fourth-order valence-corrected chi connectivity index (χ4v) is 3.25. The molecule has 106 valence electrons. The Morgan fingerprint density at radius 2 is 2.00 bits per heavy atom. The molecule has 2 heteroatoms. The van der Waals surface area contributed by atoms with Crippen molar-refractivity contribution in [1.82, 2.24) is 5.32 Å². The van der Waals surface area contributed by atoms with Gasteiger partial charge in [-0.1, -0.05) is 38.1 Å². The Kier molecular flexibility index (Phi) is 3.43. The average molecular weight is 269 g/mol. The van der Waals surface area contributed by atoms with Crippen LogP contribution in [0.15, 0.2) is 47.1 Å². The van der Waals surface area contributed by atoms with Gasteiger partial charge < -0.3 is 9.73 Å². The van der Waals surface area contributed by atoms with Crippen LogP contribution < -0.4 is 5.32 Å². The molecule has 1 N–H and O–H groups in total. The van der Waals surface area contributed by atoms with Crippen LogP contribution in [0.4, 0.5) is 0 Å². The zero-order chi connectivity index (χ0) is 14.2. The topological polar surface area (TPSA) is 25.2 Å². The Balaban J connectivity index is 1.90. The second kappa shape index (κ2) is 5.10. The van der Waals surface area contributed by atoms with E-state index in [4.69, 9.17) is 4.42 Å². The maximum atomic E-state index is 5.53. The standard InChI is InChI=1S/C18H23NO/c1-13(16-9-6-12-20-16)19-17-15-8-5-4-7-14(15)10-11-18(17,2)3/h4-9,12-13,17,19H,10-11H2,1-3H3/t13-,17?/m0/s1. The van der Waals surface area contributed by atoms with Gasteiger partial charge in [0.15, 0.2) is 0 Å². The lowest BCUT2D eigenvalue weighted by atomic mass is 9.70. The molecule has 1 unspecified atom stereocenters. The van der Waals surface area contributed by atoms with Crippen molar-refractivity contribution in [3.8, 4) is 0 Å². The fourth-order valence-electron chi connectivity index (χ4n) is 3.25. The van der Waals surface area contributed by atoms with Crippen LogP contribution in [0.2, 0.25) is 0 Å². The van der Waals surface area contributed by atoms with E-state index in [1.807, 2.05) is 12.1 Å². The molecular weight excluding hydrogens is 246 g/mol. The molecule has 0 aliphatic heterocycles. The van der Waals surface area contributed by atoms with Gasteiger partial charge in [-0.25, -0.2) is 0 Å². The Hall–Kier alpha value is -1.54. The monoisotopic (exact) mass is 269 g/mol. The van der Waals surface area contributed by atoms with E-state index < -0.39 is 0 Å². The summed E-state index contributed by atoms with van der Waals surface area (Å²) in [6, 6.07) is 13.4. The Morgan fingerprint density at radius 1 is 1.20 bits per heavy atom. The summed E-state index contributed by atoms with van der Waals surface area (Å²) < 4.78 is 5.53. The third-order valence-corrected chi connectivity index (χ3v) is 4.57. The molecule has 0 saturated heterocycles. The minimum absolute atomic E-state index is 0.223. The number of nitrogens with one attached hydrogen (secondary N) is 1. The largest absolute Gasteiger partial charge is 0.468 e. The van der Waals surface area contributed by atoms with Crippen LogP contribution in [-0.2, 0) is 6.42 Å². The number of hydrogen-bond donors (Lipinski definition) is 1. The van der Waals surface area contributed by atoms with Crippen LogP contribution in [0.25, 0.3) is 0 Å². The van der Waals surface area contributed by atoms with Gasteiger partial charge in [0.1, 0.15) is 5.76 Å². The van der Waals surface area contributed by atoms with Crippen molar-refractivity contribution < 1.29 is 4.42 Å². The molecule has 3 rings (SSSR count). The van der Waals surface area contributed by atoms with Gasteiger partial charge in [-0.15, -0.1) is 0 Å². The molecule has 2 atom stereocenters. The van der Waals surface area contributed by atoms with Crippen LogP contribution in [0.1, 0.15) is 56.2 Å². The van der Waals surface area contributed by atoms with Crippen LogP contribution in [0.5, 0.6) is 0 Å². The molecule has 2 nitrogen and oxygen atoms in total. The van der Waals surface area contributed by atoms with Gasteiger partial charge >= 0.3 is 0 Å². The van der Waals surface area contributed by atoms with E-state index >= 15 is 0 Å². The second-order valence-electron chi connectivity index (χ2n) is 6.52.